The third-order valence-electron chi connectivity index (χ3n) is 4.46. The average Bonchev–Trinajstić information content (AvgIpc) is 2.96. The van der Waals surface area contributed by atoms with Crippen molar-refractivity contribution >= 4 is 39.4 Å². The number of benzene rings is 2. The molecule has 31 heavy (non-hydrogen) atoms. The van der Waals surface area contributed by atoms with Gasteiger partial charge in [-0.25, -0.2) is 8.42 Å². The van der Waals surface area contributed by atoms with Crippen molar-refractivity contribution in [3.05, 3.63) is 59.7 Å². The summed E-state index contributed by atoms with van der Waals surface area (Å²) < 4.78 is 31.5. The monoisotopic (exact) mass is 445 g/mol. The summed E-state index contributed by atoms with van der Waals surface area (Å²) in [6, 6.07) is 10.5. The Morgan fingerprint density at radius 2 is 1.68 bits per heavy atom. The number of hydrogen-bond donors (Lipinski definition) is 2. The fourth-order valence-electron chi connectivity index (χ4n) is 2.85. The quantitative estimate of drug-likeness (QED) is 0.474. The van der Waals surface area contributed by atoms with Gasteiger partial charge in [0, 0.05) is 12.7 Å². The highest BCUT2D eigenvalue weighted by Gasteiger charge is 2.32. The van der Waals surface area contributed by atoms with Crippen LogP contribution in [0.1, 0.15) is 27.6 Å². The van der Waals surface area contributed by atoms with Gasteiger partial charge < -0.3 is 10.1 Å². The van der Waals surface area contributed by atoms with E-state index in [1.54, 1.807) is 18.2 Å². The van der Waals surface area contributed by atoms with Gasteiger partial charge in [0.25, 0.3) is 17.7 Å². The fourth-order valence-corrected chi connectivity index (χ4v) is 4.06. The molecule has 2 aromatic rings. The van der Waals surface area contributed by atoms with Crippen LogP contribution in [0.25, 0.3) is 0 Å². The number of imide groups is 1. The fraction of sp³-hybridized carbons (Fsp3) is 0.200. The van der Waals surface area contributed by atoms with E-state index in [2.05, 4.69) is 10.0 Å². The number of nitrogens with one attached hydrogen (secondary N) is 2. The van der Waals surface area contributed by atoms with Crippen LogP contribution in [-0.4, -0.2) is 56.7 Å². The van der Waals surface area contributed by atoms with Crippen molar-refractivity contribution < 1.29 is 32.3 Å². The van der Waals surface area contributed by atoms with Crippen LogP contribution >= 0.6 is 0 Å². The Labute approximate surface area is 178 Å². The van der Waals surface area contributed by atoms with Crippen molar-refractivity contribution in [2.75, 3.05) is 19.0 Å². The molecule has 1 aliphatic rings. The summed E-state index contributed by atoms with van der Waals surface area (Å²) in [5.74, 6) is -2.55. The first kappa shape index (κ1) is 22.1. The molecule has 162 valence electrons. The van der Waals surface area contributed by atoms with E-state index in [1.807, 2.05) is 0 Å². The van der Waals surface area contributed by atoms with Crippen molar-refractivity contribution in [3.8, 4) is 0 Å². The zero-order valence-electron chi connectivity index (χ0n) is 16.6. The van der Waals surface area contributed by atoms with E-state index in [0.717, 1.165) is 4.90 Å². The van der Waals surface area contributed by atoms with Crippen molar-refractivity contribution in [2.24, 2.45) is 0 Å². The van der Waals surface area contributed by atoms with Crippen LogP contribution in [0.3, 0.4) is 0 Å². The highest BCUT2D eigenvalue weighted by molar-refractivity contribution is 7.89. The number of esters is 1. The first-order valence-electron chi connectivity index (χ1n) is 9.10. The molecule has 3 rings (SSSR count). The number of amides is 3. The van der Waals surface area contributed by atoms with Gasteiger partial charge in [-0.15, -0.1) is 0 Å². The van der Waals surface area contributed by atoms with Gasteiger partial charge in [0.05, 0.1) is 16.0 Å². The van der Waals surface area contributed by atoms with Crippen LogP contribution in [0, 0.1) is 0 Å². The molecule has 1 unspecified atom stereocenters. The largest absolute Gasteiger partial charge is 0.454 e. The van der Waals surface area contributed by atoms with Gasteiger partial charge in [-0.1, -0.05) is 18.2 Å². The van der Waals surface area contributed by atoms with Crippen LogP contribution < -0.4 is 10.0 Å². The van der Waals surface area contributed by atoms with E-state index in [4.69, 9.17) is 4.74 Å². The molecular weight excluding hydrogens is 426 g/mol. The third-order valence-corrected chi connectivity index (χ3v) is 6.01. The molecular formula is C20H19N3O7S. The number of anilines is 1. The van der Waals surface area contributed by atoms with Crippen LogP contribution in [0.5, 0.6) is 0 Å². The van der Waals surface area contributed by atoms with Crippen LogP contribution in [-0.2, 0) is 24.3 Å². The van der Waals surface area contributed by atoms with Gasteiger partial charge in [-0.2, -0.15) is 4.72 Å². The molecule has 11 heteroatoms. The molecule has 0 bridgehead atoms. The van der Waals surface area contributed by atoms with Crippen LogP contribution in [0.4, 0.5) is 5.69 Å². The Morgan fingerprint density at radius 3 is 2.35 bits per heavy atom. The van der Waals surface area contributed by atoms with Gasteiger partial charge >= 0.3 is 5.97 Å². The smallest absolute Gasteiger partial charge is 0.324 e. The van der Waals surface area contributed by atoms with Crippen molar-refractivity contribution in [1.82, 2.24) is 9.62 Å². The number of carbonyl (C=O) groups is 4. The number of hydrogen-bond acceptors (Lipinski definition) is 7. The molecule has 0 aliphatic carbocycles. The second-order valence-corrected chi connectivity index (χ2v) is 8.46. The molecule has 10 nitrogen and oxygen atoms in total. The van der Waals surface area contributed by atoms with Gasteiger partial charge in [-0.3, -0.25) is 24.1 Å². The number of sulfonamides is 1. The molecule has 2 aromatic carbocycles. The number of rotatable bonds is 7. The second kappa shape index (κ2) is 8.66. The SMILES string of the molecule is CC(NS(=O)(=O)c1ccccc1)C(=O)OCC(=O)Nc1ccc2c(c1)C(=O)N(C)C2=O. The Morgan fingerprint density at radius 1 is 1.03 bits per heavy atom. The summed E-state index contributed by atoms with van der Waals surface area (Å²) >= 11 is 0. The summed E-state index contributed by atoms with van der Waals surface area (Å²) in [6.45, 7) is 0.625. The lowest BCUT2D eigenvalue weighted by molar-refractivity contribution is -0.148. The number of ether oxygens (including phenoxy) is 1. The maximum absolute atomic E-state index is 12.2. The van der Waals surface area contributed by atoms with Crippen molar-refractivity contribution in [1.29, 1.82) is 0 Å². The standard InChI is InChI=1S/C20H19N3O7S/c1-12(22-31(28,29)14-6-4-3-5-7-14)20(27)30-11-17(24)21-13-8-9-15-16(10-13)19(26)23(2)18(15)25/h3-10,12,22H,11H2,1-2H3,(H,21,24). The number of fused-ring (bicyclic) bond motifs is 1. The summed E-state index contributed by atoms with van der Waals surface area (Å²) in [5, 5.41) is 2.45. The van der Waals surface area contributed by atoms with Crippen LogP contribution in [0.2, 0.25) is 0 Å². The van der Waals surface area contributed by atoms with E-state index in [9.17, 15) is 27.6 Å². The predicted octanol–water partition coefficient (Wildman–Crippen LogP) is 0.761. The summed E-state index contributed by atoms with van der Waals surface area (Å²) in [5.41, 5.74) is 0.636. The number of carbonyl (C=O) groups excluding carboxylic acids is 4. The van der Waals surface area contributed by atoms with E-state index in [1.165, 1.54) is 44.3 Å². The molecule has 0 aromatic heterocycles. The van der Waals surface area contributed by atoms with Crippen LogP contribution in [0.15, 0.2) is 53.4 Å². The Hall–Kier alpha value is -3.57. The van der Waals surface area contributed by atoms with E-state index >= 15 is 0 Å². The molecule has 3 amide bonds. The first-order valence-corrected chi connectivity index (χ1v) is 10.6. The highest BCUT2D eigenvalue weighted by atomic mass is 32.2. The summed E-state index contributed by atoms with van der Waals surface area (Å²) in [4.78, 5) is 49.0. The van der Waals surface area contributed by atoms with Crippen molar-refractivity contribution in [2.45, 2.75) is 17.9 Å². The Bertz CT molecular complexity index is 1160. The maximum atomic E-state index is 12.2. The van der Waals surface area contributed by atoms with Gasteiger partial charge in [0.15, 0.2) is 6.61 Å². The lowest BCUT2D eigenvalue weighted by Gasteiger charge is -2.14. The van der Waals surface area contributed by atoms with Gasteiger partial charge in [-0.05, 0) is 37.3 Å². The topological polar surface area (TPSA) is 139 Å². The summed E-state index contributed by atoms with van der Waals surface area (Å²) in [6.07, 6.45) is 0. The minimum Gasteiger partial charge on any atom is -0.454 e. The first-order chi connectivity index (χ1) is 14.6. The minimum absolute atomic E-state index is 0.0114. The highest BCUT2D eigenvalue weighted by Crippen LogP contribution is 2.24. The van der Waals surface area contributed by atoms with Crippen molar-refractivity contribution in [3.63, 3.8) is 0 Å². The molecule has 0 saturated heterocycles. The molecule has 1 heterocycles. The number of nitrogens with zero attached hydrogens (tertiary/aromatic N) is 1. The average molecular weight is 445 g/mol. The lowest BCUT2D eigenvalue weighted by Crippen LogP contribution is -2.40. The molecule has 0 fully saturated rings. The molecule has 1 atom stereocenters. The molecule has 1 aliphatic heterocycles. The molecule has 0 spiro atoms. The van der Waals surface area contributed by atoms with E-state index in [0.29, 0.717) is 0 Å². The van der Waals surface area contributed by atoms with Gasteiger partial charge in [0.1, 0.15) is 6.04 Å². The zero-order valence-corrected chi connectivity index (χ0v) is 17.4. The Kier molecular flexibility index (Phi) is 6.18. The minimum atomic E-state index is -3.93. The second-order valence-electron chi connectivity index (χ2n) is 6.74. The zero-order chi connectivity index (χ0) is 22.8. The molecule has 2 N–H and O–H groups in total. The maximum Gasteiger partial charge on any atom is 0.324 e. The predicted molar refractivity (Wildman–Crippen MR) is 109 cm³/mol. The van der Waals surface area contributed by atoms with E-state index in [-0.39, 0.29) is 21.7 Å². The van der Waals surface area contributed by atoms with Gasteiger partial charge in [0.2, 0.25) is 10.0 Å². The normalized spacial score (nSPS) is 14.2. The lowest BCUT2D eigenvalue weighted by atomic mass is 10.1. The summed E-state index contributed by atoms with van der Waals surface area (Å²) in [7, 11) is -2.57. The Balaban J connectivity index is 1.55. The van der Waals surface area contributed by atoms with E-state index < -0.39 is 46.4 Å². The molecule has 0 radical (unpaired) electrons. The molecule has 0 saturated carbocycles. The third kappa shape index (κ3) is 4.78.